The quantitative estimate of drug-likeness (QED) is 0.241. The van der Waals surface area contributed by atoms with E-state index < -0.39 is 61.0 Å². The number of hydrogen-bond donors (Lipinski definition) is 3. The van der Waals surface area contributed by atoms with Crippen LogP contribution in [0.3, 0.4) is 0 Å². The minimum absolute atomic E-state index is 0.0526. The van der Waals surface area contributed by atoms with Gasteiger partial charge in [-0.2, -0.15) is 10.5 Å². The van der Waals surface area contributed by atoms with E-state index in [0.717, 1.165) is 4.57 Å². The zero-order valence-electron chi connectivity index (χ0n) is 17.4. The van der Waals surface area contributed by atoms with Crippen molar-refractivity contribution < 1.29 is 43.3 Å². The van der Waals surface area contributed by atoms with Crippen LogP contribution in [0.5, 0.6) is 0 Å². The van der Waals surface area contributed by atoms with Gasteiger partial charge in [-0.25, -0.2) is 14.4 Å². The smallest absolute Gasteiger partial charge is 0.462 e. The number of aliphatic hydroxyl groups excluding tert-OH is 1. The van der Waals surface area contributed by atoms with E-state index in [2.05, 4.69) is 10.5 Å². The Morgan fingerprint density at radius 1 is 1.18 bits per heavy atom. The first-order valence-corrected chi connectivity index (χ1v) is 10.0. The van der Waals surface area contributed by atoms with Crippen LogP contribution < -0.4 is 16.9 Å². The highest BCUT2D eigenvalue weighted by Crippen LogP contribution is 2.37. The number of nitrogens with zero attached hydrogens (tertiary/aromatic N) is 2. The van der Waals surface area contributed by atoms with Gasteiger partial charge >= 0.3 is 23.8 Å². The van der Waals surface area contributed by atoms with Crippen molar-refractivity contribution in [1.29, 1.82) is 0 Å². The number of fused-ring (bicyclic) bond motifs is 1. The van der Waals surface area contributed by atoms with Gasteiger partial charge < -0.3 is 34.6 Å². The molecule has 4 N–H and O–H groups in total. The number of rotatable bonds is 8. The fourth-order valence-electron chi connectivity index (χ4n) is 3.32. The Morgan fingerprint density at radius 2 is 1.91 bits per heavy atom. The maximum Gasteiger partial charge on any atom is 0.509 e. The highest BCUT2D eigenvalue weighted by molar-refractivity contribution is 5.89. The second kappa shape index (κ2) is 9.86. The SMILES string of the molecule is N[C@H](CO)C(=O)OC[C@H]1O[C@@H](n2ccc(NOC(=O)c3ccccc3)nc2=O)[C@@H]2OC(=O)O[C@@H]21. The molecule has 2 aliphatic heterocycles. The zero-order chi connectivity index (χ0) is 24.2. The number of aromatic nitrogens is 2. The van der Waals surface area contributed by atoms with E-state index in [-0.39, 0.29) is 12.4 Å². The number of carbonyl (C=O) groups excluding carboxylic acids is 3. The Kier molecular flexibility index (Phi) is 6.72. The Bertz CT molecular complexity index is 1120. The van der Waals surface area contributed by atoms with E-state index in [0.29, 0.717) is 5.56 Å². The normalized spacial score (nSPS) is 23.9. The van der Waals surface area contributed by atoms with Crippen LogP contribution in [-0.4, -0.2) is 70.3 Å². The number of anilines is 1. The van der Waals surface area contributed by atoms with Gasteiger partial charge in [-0.3, -0.25) is 9.36 Å². The number of aliphatic hydroxyl groups is 1. The number of hydrogen-bond acceptors (Lipinski definition) is 13. The summed E-state index contributed by atoms with van der Waals surface area (Å²) >= 11 is 0. The van der Waals surface area contributed by atoms with Gasteiger partial charge in [0.1, 0.15) is 18.8 Å². The second-order valence-corrected chi connectivity index (χ2v) is 7.26. The summed E-state index contributed by atoms with van der Waals surface area (Å²) < 4.78 is 22.0. The average Bonchev–Trinajstić information content (AvgIpc) is 3.38. The fraction of sp³-hybridized carbons (Fsp3) is 0.350. The van der Waals surface area contributed by atoms with Crippen molar-refractivity contribution in [3.8, 4) is 0 Å². The maximum absolute atomic E-state index is 12.6. The molecule has 0 saturated carbocycles. The van der Waals surface area contributed by atoms with Crippen molar-refractivity contribution in [2.24, 2.45) is 5.73 Å². The van der Waals surface area contributed by atoms with Crippen molar-refractivity contribution in [2.75, 3.05) is 18.7 Å². The molecule has 1 aromatic carbocycles. The molecular formula is C20H20N4O10. The molecule has 0 amide bonds. The van der Waals surface area contributed by atoms with E-state index in [9.17, 15) is 19.2 Å². The lowest BCUT2D eigenvalue weighted by atomic mass is 10.1. The summed E-state index contributed by atoms with van der Waals surface area (Å²) in [5.74, 6) is -1.61. The van der Waals surface area contributed by atoms with Crippen molar-refractivity contribution in [3.05, 3.63) is 58.6 Å². The summed E-state index contributed by atoms with van der Waals surface area (Å²) in [6.45, 7) is -0.975. The summed E-state index contributed by atoms with van der Waals surface area (Å²) in [5.41, 5.74) is 7.17. The zero-order valence-corrected chi connectivity index (χ0v) is 17.4. The number of nitrogens with two attached hydrogens (primary N) is 1. The van der Waals surface area contributed by atoms with Crippen LogP contribution in [0.15, 0.2) is 47.4 Å². The molecule has 14 heteroatoms. The first-order chi connectivity index (χ1) is 16.4. The lowest BCUT2D eigenvalue weighted by Gasteiger charge is -2.19. The number of benzene rings is 1. The van der Waals surface area contributed by atoms with Crippen LogP contribution in [-0.2, 0) is 28.6 Å². The molecule has 4 rings (SSSR count). The van der Waals surface area contributed by atoms with Crippen LogP contribution in [0.4, 0.5) is 10.6 Å². The molecule has 0 spiro atoms. The Balaban J connectivity index is 1.43. The number of nitrogens with one attached hydrogen (secondary N) is 1. The molecule has 2 fully saturated rings. The van der Waals surface area contributed by atoms with Crippen LogP contribution in [0.1, 0.15) is 16.6 Å². The lowest BCUT2D eigenvalue weighted by molar-refractivity contribution is -0.153. The molecule has 0 bridgehead atoms. The lowest BCUT2D eigenvalue weighted by Crippen LogP contribution is -2.39. The molecule has 2 aliphatic rings. The molecule has 34 heavy (non-hydrogen) atoms. The minimum Gasteiger partial charge on any atom is -0.462 e. The molecule has 0 unspecified atom stereocenters. The molecular weight excluding hydrogens is 456 g/mol. The summed E-state index contributed by atoms with van der Waals surface area (Å²) in [6, 6.07) is 8.28. The summed E-state index contributed by atoms with van der Waals surface area (Å²) in [5, 5.41) is 8.93. The Labute approximate surface area is 191 Å². The largest absolute Gasteiger partial charge is 0.509 e. The Morgan fingerprint density at radius 3 is 2.62 bits per heavy atom. The molecule has 3 heterocycles. The Hall–Kier alpha value is -4.01. The van der Waals surface area contributed by atoms with Crippen LogP contribution in [0.2, 0.25) is 0 Å². The van der Waals surface area contributed by atoms with Gasteiger partial charge in [-0.15, -0.1) is 0 Å². The molecule has 2 saturated heterocycles. The minimum atomic E-state index is -1.24. The van der Waals surface area contributed by atoms with Gasteiger partial charge in [0.15, 0.2) is 24.3 Å². The highest BCUT2D eigenvalue weighted by Gasteiger charge is 2.55. The summed E-state index contributed by atoms with van der Waals surface area (Å²) in [4.78, 5) is 56.7. The predicted molar refractivity (Wildman–Crippen MR) is 109 cm³/mol. The molecule has 0 radical (unpaired) electrons. The summed E-state index contributed by atoms with van der Waals surface area (Å²) in [6.07, 6.45) is -3.76. The maximum atomic E-state index is 12.6. The molecule has 2 aromatic rings. The molecule has 5 atom stereocenters. The van der Waals surface area contributed by atoms with Gasteiger partial charge in [-0.05, 0) is 12.1 Å². The van der Waals surface area contributed by atoms with Gasteiger partial charge in [0.2, 0.25) is 0 Å². The third kappa shape index (κ3) is 4.83. The van der Waals surface area contributed by atoms with Crippen LogP contribution in [0, 0.1) is 0 Å². The first kappa shape index (κ1) is 23.2. The third-order valence-electron chi connectivity index (χ3n) is 5.00. The standard InChI is InChI=1S/C20H20N4O10/c21-11(8-25)18(27)30-9-12-14-15(33-20(29)32-14)16(31-12)24-7-6-13(22-19(24)28)23-34-17(26)10-4-2-1-3-5-10/h1-7,11-12,14-16,25H,8-9,21H2,(H,22,23,28)/t11-,12-,14-,15-,16-/m1/s1. The van der Waals surface area contributed by atoms with E-state index in [1.807, 2.05) is 0 Å². The van der Waals surface area contributed by atoms with E-state index in [1.165, 1.54) is 12.3 Å². The summed E-state index contributed by atoms with van der Waals surface area (Å²) in [7, 11) is 0. The average molecular weight is 476 g/mol. The number of ether oxygens (including phenoxy) is 4. The topological polar surface area (TPSA) is 191 Å². The van der Waals surface area contributed by atoms with E-state index in [4.69, 9.17) is 34.6 Å². The highest BCUT2D eigenvalue weighted by atomic mass is 16.8. The number of carbonyl (C=O) groups is 3. The first-order valence-electron chi connectivity index (χ1n) is 10.0. The van der Waals surface area contributed by atoms with Crippen LogP contribution in [0.25, 0.3) is 0 Å². The third-order valence-corrected chi connectivity index (χ3v) is 5.00. The monoisotopic (exact) mass is 476 g/mol. The van der Waals surface area contributed by atoms with Crippen molar-refractivity contribution in [3.63, 3.8) is 0 Å². The number of esters is 1. The molecule has 1 aromatic heterocycles. The van der Waals surface area contributed by atoms with Crippen molar-refractivity contribution >= 4 is 23.9 Å². The van der Waals surface area contributed by atoms with Crippen LogP contribution >= 0.6 is 0 Å². The predicted octanol–water partition coefficient (Wildman–Crippen LogP) is -0.909. The molecule has 14 nitrogen and oxygen atoms in total. The van der Waals surface area contributed by atoms with Gasteiger partial charge in [0, 0.05) is 12.3 Å². The fourth-order valence-corrected chi connectivity index (χ4v) is 3.32. The van der Waals surface area contributed by atoms with Gasteiger partial charge in [-0.1, -0.05) is 18.2 Å². The van der Waals surface area contributed by atoms with Crippen molar-refractivity contribution in [2.45, 2.75) is 30.6 Å². The second-order valence-electron chi connectivity index (χ2n) is 7.26. The van der Waals surface area contributed by atoms with Crippen molar-refractivity contribution in [1.82, 2.24) is 9.55 Å². The van der Waals surface area contributed by atoms with Gasteiger partial charge in [0.25, 0.3) is 0 Å². The van der Waals surface area contributed by atoms with E-state index in [1.54, 1.807) is 30.3 Å². The van der Waals surface area contributed by atoms with Gasteiger partial charge in [0.05, 0.1) is 12.2 Å². The van der Waals surface area contributed by atoms with E-state index >= 15 is 0 Å². The molecule has 180 valence electrons. The molecule has 0 aliphatic carbocycles.